The Morgan fingerprint density at radius 1 is 1.15 bits per heavy atom. The van der Waals surface area contributed by atoms with E-state index in [0.29, 0.717) is 17.2 Å². The van der Waals surface area contributed by atoms with Gasteiger partial charge >= 0.3 is 0 Å². The minimum absolute atomic E-state index is 0.159. The first kappa shape index (κ1) is 18.9. The van der Waals surface area contributed by atoms with Crippen LogP contribution in [0.25, 0.3) is 0 Å². The average molecular weight is 391 g/mol. The Kier molecular flexibility index (Phi) is 5.18. The third kappa shape index (κ3) is 3.80. The molecular weight excluding hydrogens is 373 g/mol. The summed E-state index contributed by atoms with van der Waals surface area (Å²) >= 11 is 0. The normalized spacial score (nSPS) is 17.5. The number of ether oxygens (including phenoxy) is 2. The van der Waals surface area contributed by atoms with Crippen molar-refractivity contribution >= 4 is 21.4 Å². The van der Waals surface area contributed by atoms with Crippen molar-refractivity contribution in [3.8, 4) is 11.5 Å². The van der Waals surface area contributed by atoms with E-state index in [9.17, 15) is 17.6 Å². The van der Waals surface area contributed by atoms with Gasteiger partial charge in [-0.1, -0.05) is 12.1 Å². The molecule has 1 aliphatic rings. The molecule has 1 amide bonds. The summed E-state index contributed by atoms with van der Waals surface area (Å²) in [4.78, 5) is 14.4. The molecule has 0 spiro atoms. The maximum atomic E-state index is 14.2. The number of nitrogens with zero attached hydrogens (tertiary/aromatic N) is 1. The van der Waals surface area contributed by atoms with E-state index >= 15 is 0 Å². The number of carbonyl (C=O) groups excluding carboxylic acids is 1. The highest BCUT2D eigenvalue weighted by Gasteiger charge is 2.34. The quantitative estimate of drug-likeness (QED) is 0.784. The van der Waals surface area contributed by atoms with Gasteiger partial charge in [-0.15, -0.1) is 0 Å². The van der Waals surface area contributed by atoms with Crippen molar-refractivity contribution < 1.29 is 27.1 Å². The molecule has 6 nitrogen and oxygen atoms in total. The molecule has 0 bridgehead atoms. The molecular formula is C19H18FNO5S. The van der Waals surface area contributed by atoms with Gasteiger partial charge in [-0.25, -0.2) is 12.8 Å². The van der Waals surface area contributed by atoms with Gasteiger partial charge in [0, 0.05) is 11.5 Å². The van der Waals surface area contributed by atoms with Gasteiger partial charge in [-0.3, -0.25) is 9.69 Å². The molecule has 0 radical (unpaired) electrons. The highest BCUT2D eigenvalue weighted by Crippen LogP contribution is 2.36. The van der Waals surface area contributed by atoms with Crippen molar-refractivity contribution in [1.82, 2.24) is 0 Å². The smallest absolute Gasteiger partial charge is 0.261 e. The lowest BCUT2D eigenvalue weighted by atomic mass is 10.1. The second-order valence-corrected chi connectivity index (χ2v) is 7.85. The summed E-state index contributed by atoms with van der Waals surface area (Å²) in [5, 5.41) is 1.06. The zero-order chi connectivity index (χ0) is 19.6. The second kappa shape index (κ2) is 7.40. The van der Waals surface area contributed by atoms with Gasteiger partial charge in [0.1, 0.15) is 17.3 Å². The summed E-state index contributed by atoms with van der Waals surface area (Å²) in [7, 11) is -0.529. The van der Waals surface area contributed by atoms with Crippen LogP contribution in [0.1, 0.15) is 10.4 Å². The van der Waals surface area contributed by atoms with Crippen molar-refractivity contribution in [2.45, 2.75) is 6.04 Å². The number of methoxy groups -OCH3 is 2. The summed E-state index contributed by atoms with van der Waals surface area (Å²) < 4.78 is 48.6. The molecule has 0 fully saturated rings. The van der Waals surface area contributed by atoms with Crippen LogP contribution in [0.3, 0.4) is 0 Å². The van der Waals surface area contributed by atoms with Gasteiger partial charge in [0.2, 0.25) is 0 Å². The molecule has 0 aliphatic carbocycles. The summed E-state index contributed by atoms with van der Waals surface area (Å²) in [5.41, 5.74) is 0.159. The molecule has 0 N–H and O–H groups in total. The van der Waals surface area contributed by atoms with Gasteiger partial charge in [0.15, 0.2) is 9.84 Å². The van der Waals surface area contributed by atoms with Crippen LogP contribution >= 0.6 is 0 Å². The number of sulfone groups is 1. The number of hydrogen-bond acceptors (Lipinski definition) is 5. The fraction of sp³-hybridized carbons (Fsp3) is 0.211. The fourth-order valence-electron chi connectivity index (χ4n) is 2.91. The molecule has 1 aliphatic heterocycles. The highest BCUT2D eigenvalue weighted by atomic mass is 32.2. The van der Waals surface area contributed by atoms with Gasteiger partial charge in [0.25, 0.3) is 5.91 Å². The van der Waals surface area contributed by atoms with Crippen LogP contribution < -0.4 is 14.4 Å². The molecule has 8 heteroatoms. The average Bonchev–Trinajstić information content (AvgIpc) is 3.01. The lowest BCUT2D eigenvalue weighted by molar-refractivity contribution is 0.0978. The molecule has 2 aromatic rings. The van der Waals surface area contributed by atoms with Gasteiger partial charge < -0.3 is 9.47 Å². The second-order valence-electron chi connectivity index (χ2n) is 5.92. The van der Waals surface area contributed by atoms with Gasteiger partial charge in [-0.2, -0.15) is 0 Å². The molecule has 2 aromatic carbocycles. The van der Waals surface area contributed by atoms with E-state index in [-0.39, 0.29) is 11.3 Å². The van der Waals surface area contributed by atoms with E-state index < -0.39 is 27.6 Å². The molecule has 0 unspecified atom stereocenters. The highest BCUT2D eigenvalue weighted by molar-refractivity contribution is 7.94. The maximum Gasteiger partial charge on any atom is 0.261 e. The lowest BCUT2D eigenvalue weighted by Crippen LogP contribution is -2.41. The molecule has 142 valence electrons. The zero-order valence-corrected chi connectivity index (χ0v) is 15.6. The number of benzene rings is 2. The predicted molar refractivity (Wildman–Crippen MR) is 99.5 cm³/mol. The summed E-state index contributed by atoms with van der Waals surface area (Å²) in [6.07, 6.45) is 1.41. The first-order valence-corrected chi connectivity index (χ1v) is 9.79. The number of anilines is 1. The third-order valence-electron chi connectivity index (χ3n) is 4.21. The molecule has 0 aromatic heterocycles. The van der Waals surface area contributed by atoms with Crippen molar-refractivity contribution in [2.24, 2.45) is 0 Å². The predicted octanol–water partition coefficient (Wildman–Crippen LogP) is 2.80. The van der Waals surface area contributed by atoms with Crippen LogP contribution in [0.5, 0.6) is 11.5 Å². The number of rotatable bonds is 5. The van der Waals surface area contributed by atoms with Crippen molar-refractivity contribution in [2.75, 3.05) is 24.9 Å². The molecule has 27 heavy (non-hydrogen) atoms. The summed E-state index contributed by atoms with van der Waals surface area (Å²) in [6, 6.07) is 9.53. The van der Waals surface area contributed by atoms with Crippen LogP contribution in [0.15, 0.2) is 53.9 Å². The van der Waals surface area contributed by atoms with Crippen molar-refractivity contribution in [1.29, 1.82) is 0 Å². The minimum atomic E-state index is -3.44. The van der Waals surface area contributed by atoms with Gasteiger partial charge in [0.05, 0.1) is 37.3 Å². The molecule has 3 rings (SSSR count). The summed E-state index contributed by atoms with van der Waals surface area (Å²) in [6.45, 7) is 0. The number of halogens is 1. The molecule has 0 saturated heterocycles. The largest absolute Gasteiger partial charge is 0.497 e. The maximum absolute atomic E-state index is 14.2. The number of carbonyl (C=O) groups is 1. The molecule has 1 heterocycles. The Morgan fingerprint density at radius 3 is 2.48 bits per heavy atom. The fourth-order valence-corrected chi connectivity index (χ4v) is 4.18. The van der Waals surface area contributed by atoms with E-state index in [1.807, 2.05) is 0 Å². The van der Waals surface area contributed by atoms with Crippen molar-refractivity contribution in [3.05, 3.63) is 65.3 Å². The Bertz CT molecular complexity index is 1000. The van der Waals surface area contributed by atoms with Crippen LogP contribution in [-0.4, -0.2) is 40.3 Å². The minimum Gasteiger partial charge on any atom is -0.497 e. The van der Waals surface area contributed by atoms with Crippen LogP contribution in [0.2, 0.25) is 0 Å². The number of hydrogen-bond donors (Lipinski definition) is 0. The van der Waals surface area contributed by atoms with E-state index in [1.165, 1.54) is 43.4 Å². The topological polar surface area (TPSA) is 72.9 Å². The Balaban J connectivity index is 2.13. The monoisotopic (exact) mass is 391 g/mol. The Labute approximate surface area is 156 Å². The van der Waals surface area contributed by atoms with Crippen LogP contribution in [-0.2, 0) is 9.84 Å². The van der Waals surface area contributed by atoms with E-state index in [2.05, 4.69) is 0 Å². The Hall–Kier alpha value is -2.87. The SMILES string of the molecule is COc1ccc(N(C(=O)c2ccccc2F)[C@@H]2C=CS(=O)(=O)C2)c(OC)c1. The number of amides is 1. The zero-order valence-electron chi connectivity index (χ0n) is 14.8. The van der Waals surface area contributed by atoms with E-state index in [0.717, 1.165) is 5.41 Å². The van der Waals surface area contributed by atoms with Crippen molar-refractivity contribution in [3.63, 3.8) is 0 Å². The van der Waals surface area contributed by atoms with E-state index in [4.69, 9.17) is 9.47 Å². The molecule has 0 saturated carbocycles. The standard InChI is InChI=1S/C19H18FNO5S/c1-25-14-7-8-17(18(11-14)26-2)21(13-9-10-27(23,24)12-13)19(22)15-5-3-4-6-16(15)20/h3-11,13H,12H2,1-2H3/t13-/m1/s1. The van der Waals surface area contributed by atoms with Gasteiger partial charge in [-0.05, 0) is 30.3 Å². The first-order chi connectivity index (χ1) is 12.9. The first-order valence-electron chi connectivity index (χ1n) is 8.07. The summed E-state index contributed by atoms with van der Waals surface area (Å²) in [5.74, 6) is -0.837. The lowest BCUT2D eigenvalue weighted by Gasteiger charge is -2.29. The Morgan fingerprint density at radius 2 is 1.89 bits per heavy atom. The molecule has 1 atom stereocenters. The van der Waals surface area contributed by atoms with E-state index in [1.54, 1.807) is 24.3 Å². The third-order valence-corrected chi connectivity index (χ3v) is 5.59. The van der Waals surface area contributed by atoms with Crippen LogP contribution in [0, 0.1) is 5.82 Å². The van der Waals surface area contributed by atoms with Crippen LogP contribution in [0.4, 0.5) is 10.1 Å².